The van der Waals surface area contributed by atoms with Crippen LogP contribution in [0.25, 0.3) is 11.3 Å². The molecule has 2 aromatic rings. The number of hydrogen-bond donors (Lipinski definition) is 2. The van der Waals surface area contributed by atoms with E-state index < -0.39 is 0 Å². The molecule has 1 fully saturated rings. The van der Waals surface area contributed by atoms with Gasteiger partial charge in [0.15, 0.2) is 0 Å². The number of piperazine rings is 1. The Kier molecular flexibility index (Phi) is 4.40. The Hall–Kier alpha value is -1.21. The van der Waals surface area contributed by atoms with Crippen molar-refractivity contribution in [2.75, 3.05) is 50.5 Å². The Morgan fingerprint density at radius 2 is 1.90 bits per heavy atom. The summed E-state index contributed by atoms with van der Waals surface area (Å²) < 4.78 is 1.23. The molecule has 1 saturated heterocycles. The molecule has 1 aliphatic heterocycles. The van der Waals surface area contributed by atoms with Gasteiger partial charge in [-0.15, -0.1) is 0 Å². The highest BCUT2D eigenvalue weighted by atomic mass is 127. The Balaban J connectivity index is 1.89. The summed E-state index contributed by atoms with van der Waals surface area (Å²) in [7, 11) is 4.18. The molecule has 2 N–H and O–H groups in total. The minimum Gasteiger partial charge on any atom is -0.386 e. The lowest BCUT2D eigenvalue weighted by Gasteiger charge is -2.35. The molecule has 112 valence electrons. The molecule has 1 aromatic carbocycles. The van der Waals surface area contributed by atoms with Gasteiger partial charge >= 0.3 is 0 Å². The molecule has 0 saturated carbocycles. The largest absolute Gasteiger partial charge is 0.386 e. The van der Waals surface area contributed by atoms with Crippen LogP contribution in [0.4, 0.5) is 11.4 Å². The van der Waals surface area contributed by atoms with Crippen molar-refractivity contribution < 1.29 is 0 Å². The third-order valence-electron chi connectivity index (χ3n) is 4.07. The van der Waals surface area contributed by atoms with Gasteiger partial charge in [-0.05, 0) is 47.8 Å². The van der Waals surface area contributed by atoms with Crippen LogP contribution in [0.2, 0.25) is 0 Å². The smallest absolute Gasteiger partial charge is 0.0603 e. The first-order valence-corrected chi connectivity index (χ1v) is 8.35. The molecule has 0 bridgehead atoms. The summed E-state index contributed by atoms with van der Waals surface area (Å²) in [6, 6.07) is 8.84. The number of rotatable bonds is 3. The highest BCUT2D eigenvalue weighted by molar-refractivity contribution is 14.1. The van der Waals surface area contributed by atoms with E-state index in [-0.39, 0.29) is 0 Å². The zero-order valence-electron chi connectivity index (χ0n) is 12.5. The minimum atomic E-state index is 1.09. The third-order valence-corrected chi connectivity index (χ3v) is 4.69. The van der Waals surface area contributed by atoms with Crippen molar-refractivity contribution >= 4 is 34.0 Å². The number of anilines is 2. The highest BCUT2D eigenvalue weighted by Gasteiger charge is 2.17. The number of halogens is 1. The average Bonchev–Trinajstić information content (AvgIpc) is 2.94. The zero-order chi connectivity index (χ0) is 14.8. The summed E-state index contributed by atoms with van der Waals surface area (Å²) >= 11 is 2.33. The van der Waals surface area contributed by atoms with E-state index in [1.165, 1.54) is 26.2 Å². The van der Waals surface area contributed by atoms with Crippen LogP contribution in [0.1, 0.15) is 0 Å². The number of hydrogen-bond acceptors (Lipinski definition) is 3. The summed E-state index contributed by atoms with van der Waals surface area (Å²) in [5.41, 5.74) is 4.89. The number of aromatic nitrogens is 1. The Bertz CT molecular complexity index is 614. The summed E-state index contributed by atoms with van der Waals surface area (Å²) in [5.74, 6) is 0. The number of benzene rings is 1. The number of likely N-dealkylation sites (N-methyl/N-ethyl adjacent to an activating group) is 1. The van der Waals surface area contributed by atoms with Crippen LogP contribution in [-0.4, -0.2) is 50.2 Å². The maximum absolute atomic E-state index is 3.35. The molecule has 0 amide bonds. The molecule has 0 unspecified atom stereocenters. The van der Waals surface area contributed by atoms with Crippen molar-refractivity contribution in [3.63, 3.8) is 0 Å². The van der Waals surface area contributed by atoms with E-state index in [9.17, 15) is 0 Å². The van der Waals surface area contributed by atoms with Gasteiger partial charge in [0, 0.05) is 54.3 Å². The van der Waals surface area contributed by atoms with E-state index in [0.29, 0.717) is 0 Å². The molecule has 5 heteroatoms. The molecule has 1 aromatic heterocycles. The van der Waals surface area contributed by atoms with E-state index in [0.717, 1.165) is 26.2 Å². The first kappa shape index (κ1) is 14.7. The summed E-state index contributed by atoms with van der Waals surface area (Å²) in [6.45, 7) is 4.43. The minimum absolute atomic E-state index is 1.09. The average molecular weight is 396 g/mol. The number of nitrogens with zero attached hydrogens (tertiary/aromatic N) is 2. The van der Waals surface area contributed by atoms with Crippen molar-refractivity contribution in [3.8, 4) is 11.3 Å². The van der Waals surface area contributed by atoms with E-state index in [2.05, 4.69) is 74.0 Å². The van der Waals surface area contributed by atoms with Crippen LogP contribution in [0.3, 0.4) is 0 Å². The second-order valence-corrected chi connectivity index (χ2v) is 6.75. The van der Waals surface area contributed by atoms with Gasteiger partial charge in [0.1, 0.15) is 0 Å². The predicted octanol–water partition coefficient (Wildman–Crippen LogP) is 3.08. The molecule has 2 heterocycles. The van der Waals surface area contributed by atoms with E-state index >= 15 is 0 Å². The molecular weight excluding hydrogens is 375 g/mol. The molecule has 0 atom stereocenters. The predicted molar refractivity (Wildman–Crippen MR) is 98.2 cm³/mol. The first-order chi connectivity index (χ1) is 10.2. The maximum atomic E-state index is 3.35. The summed E-state index contributed by atoms with van der Waals surface area (Å²) in [6.07, 6.45) is 2.03. The lowest BCUT2D eigenvalue weighted by atomic mass is 10.1. The van der Waals surface area contributed by atoms with Crippen molar-refractivity contribution in [1.29, 1.82) is 0 Å². The third kappa shape index (κ3) is 3.18. The van der Waals surface area contributed by atoms with Crippen molar-refractivity contribution in [3.05, 3.63) is 34.0 Å². The second kappa shape index (κ2) is 6.27. The van der Waals surface area contributed by atoms with Crippen LogP contribution in [-0.2, 0) is 0 Å². The van der Waals surface area contributed by atoms with E-state index in [1.54, 1.807) is 0 Å². The first-order valence-electron chi connectivity index (χ1n) is 7.27. The molecule has 4 nitrogen and oxygen atoms in total. The zero-order valence-corrected chi connectivity index (χ0v) is 14.6. The molecule has 21 heavy (non-hydrogen) atoms. The highest BCUT2D eigenvalue weighted by Crippen LogP contribution is 2.31. The van der Waals surface area contributed by atoms with Crippen LogP contribution < -0.4 is 10.2 Å². The molecule has 1 aliphatic rings. The van der Waals surface area contributed by atoms with Gasteiger partial charge in [-0.2, -0.15) is 0 Å². The topological polar surface area (TPSA) is 34.3 Å². The molecule has 0 aliphatic carbocycles. The second-order valence-electron chi connectivity index (χ2n) is 5.50. The van der Waals surface area contributed by atoms with Crippen molar-refractivity contribution in [2.45, 2.75) is 0 Å². The molecule has 0 spiro atoms. The normalized spacial score (nSPS) is 16.2. The van der Waals surface area contributed by atoms with Crippen LogP contribution in [0, 0.1) is 3.57 Å². The number of aromatic amines is 1. The van der Waals surface area contributed by atoms with Crippen LogP contribution in [0.5, 0.6) is 0 Å². The Morgan fingerprint density at radius 3 is 2.52 bits per heavy atom. The monoisotopic (exact) mass is 396 g/mol. The molecule has 3 rings (SSSR count). The van der Waals surface area contributed by atoms with Gasteiger partial charge in [0.05, 0.1) is 11.4 Å². The summed E-state index contributed by atoms with van der Waals surface area (Å²) in [4.78, 5) is 8.17. The van der Waals surface area contributed by atoms with E-state index in [1.807, 2.05) is 13.2 Å². The number of nitrogens with one attached hydrogen (secondary N) is 2. The summed E-state index contributed by atoms with van der Waals surface area (Å²) in [5, 5.41) is 3.35. The fraction of sp³-hybridized carbons (Fsp3) is 0.375. The maximum Gasteiger partial charge on any atom is 0.0603 e. The lowest BCUT2D eigenvalue weighted by molar-refractivity contribution is 0.313. The van der Waals surface area contributed by atoms with E-state index in [4.69, 9.17) is 0 Å². The van der Waals surface area contributed by atoms with Crippen LogP contribution >= 0.6 is 22.6 Å². The number of H-pyrrole nitrogens is 1. The van der Waals surface area contributed by atoms with Gasteiger partial charge in [-0.1, -0.05) is 6.07 Å². The fourth-order valence-electron chi connectivity index (χ4n) is 2.76. The molecular formula is C16H21IN4. The SMILES string of the molecule is CNc1cc(-c2cc(I)c[nH]2)ccc1N1CCN(C)CC1. The van der Waals surface area contributed by atoms with Gasteiger partial charge < -0.3 is 20.1 Å². The fourth-order valence-corrected chi connectivity index (χ4v) is 3.23. The Labute approximate surface area is 139 Å². The van der Waals surface area contributed by atoms with Crippen molar-refractivity contribution in [1.82, 2.24) is 9.88 Å². The van der Waals surface area contributed by atoms with Gasteiger partial charge in [0.2, 0.25) is 0 Å². The van der Waals surface area contributed by atoms with Crippen LogP contribution in [0.15, 0.2) is 30.5 Å². The van der Waals surface area contributed by atoms with Gasteiger partial charge in [-0.3, -0.25) is 0 Å². The van der Waals surface area contributed by atoms with Crippen molar-refractivity contribution in [2.24, 2.45) is 0 Å². The van der Waals surface area contributed by atoms with Gasteiger partial charge in [0.25, 0.3) is 0 Å². The molecule has 0 radical (unpaired) electrons. The quantitative estimate of drug-likeness (QED) is 0.783. The lowest BCUT2D eigenvalue weighted by Crippen LogP contribution is -2.44. The standard InChI is InChI=1S/C16H21IN4/c1-18-15-9-12(14-10-13(17)11-19-14)3-4-16(15)21-7-5-20(2)6-8-21/h3-4,9-11,18-19H,5-8H2,1-2H3. The van der Waals surface area contributed by atoms with Gasteiger partial charge in [-0.25, -0.2) is 0 Å². The Morgan fingerprint density at radius 1 is 1.14 bits per heavy atom.